The molecular formula is C20H19NO. The summed E-state index contributed by atoms with van der Waals surface area (Å²) in [5, 5.41) is 3.44. The second-order valence-electron chi connectivity index (χ2n) is 5.22. The van der Waals surface area contributed by atoms with Crippen LogP contribution in [0.4, 0.5) is 5.69 Å². The predicted octanol–water partition coefficient (Wildman–Crippen LogP) is 5.40. The minimum absolute atomic E-state index is 0.825. The van der Waals surface area contributed by atoms with Crippen molar-refractivity contribution in [2.75, 3.05) is 5.32 Å². The first-order chi connectivity index (χ1) is 10.8. The third kappa shape index (κ3) is 3.67. The summed E-state index contributed by atoms with van der Waals surface area (Å²) in [6, 6.07) is 26.3. The zero-order valence-electron chi connectivity index (χ0n) is 12.6. The van der Waals surface area contributed by atoms with Gasteiger partial charge in [-0.05, 0) is 54.4 Å². The second-order valence-corrected chi connectivity index (χ2v) is 5.22. The molecule has 3 aromatic rings. The van der Waals surface area contributed by atoms with E-state index in [1.165, 1.54) is 11.1 Å². The summed E-state index contributed by atoms with van der Waals surface area (Å²) in [5.74, 6) is 1.69. The molecule has 0 radical (unpaired) electrons. The van der Waals surface area contributed by atoms with Crippen molar-refractivity contribution in [3.05, 3.63) is 90.0 Å². The minimum atomic E-state index is 0.825. The summed E-state index contributed by atoms with van der Waals surface area (Å²) in [4.78, 5) is 0. The average molecular weight is 289 g/mol. The fourth-order valence-corrected chi connectivity index (χ4v) is 2.27. The van der Waals surface area contributed by atoms with Crippen LogP contribution in [0.2, 0.25) is 0 Å². The molecule has 0 saturated heterocycles. The SMILES string of the molecule is Cc1ccccc1CNc1ccc(Oc2ccccc2)cc1. The first-order valence-electron chi connectivity index (χ1n) is 7.42. The summed E-state index contributed by atoms with van der Waals surface area (Å²) in [5.41, 5.74) is 3.70. The molecule has 2 heteroatoms. The van der Waals surface area contributed by atoms with Crippen molar-refractivity contribution in [1.29, 1.82) is 0 Å². The van der Waals surface area contributed by atoms with Gasteiger partial charge in [0, 0.05) is 12.2 Å². The highest BCUT2D eigenvalue weighted by molar-refractivity contribution is 5.48. The number of ether oxygens (including phenoxy) is 1. The number of rotatable bonds is 5. The van der Waals surface area contributed by atoms with Crippen molar-refractivity contribution in [2.24, 2.45) is 0 Å². The Morgan fingerprint density at radius 3 is 2.09 bits per heavy atom. The molecule has 0 spiro atoms. The molecule has 22 heavy (non-hydrogen) atoms. The van der Waals surface area contributed by atoms with Crippen LogP contribution in [0.3, 0.4) is 0 Å². The first kappa shape index (κ1) is 14.2. The predicted molar refractivity (Wildman–Crippen MR) is 91.5 cm³/mol. The van der Waals surface area contributed by atoms with E-state index >= 15 is 0 Å². The highest BCUT2D eigenvalue weighted by atomic mass is 16.5. The van der Waals surface area contributed by atoms with Crippen molar-refractivity contribution in [2.45, 2.75) is 13.5 Å². The van der Waals surface area contributed by atoms with Crippen molar-refractivity contribution in [1.82, 2.24) is 0 Å². The molecule has 0 atom stereocenters. The number of aryl methyl sites for hydroxylation is 1. The van der Waals surface area contributed by atoms with E-state index < -0.39 is 0 Å². The van der Waals surface area contributed by atoms with Gasteiger partial charge in [0.2, 0.25) is 0 Å². The molecule has 1 N–H and O–H groups in total. The van der Waals surface area contributed by atoms with E-state index in [1.54, 1.807) is 0 Å². The monoisotopic (exact) mass is 289 g/mol. The molecule has 0 fully saturated rings. The Hall–Kier alpha value is -2.74. The van der Waals surface area contributed by atoms with E-state index in [1.807, 2.05) is 54.6 Å². The molecule has 2 nitrogen and oxygen atoms in total. The topological polar surface area (TPSA) is 21.3 Å². The Morgan fingerprint density at radius 1 is 0.727 bits per heavy atom. The Morgan fingerprint density at radius 2 is 1.36 bits per heavy atom. The van der Waals surface area contributed by atoms with Crippen LogP contribution in [-0.2, 0) is 6.54 Å². The molecule has 3 aromatic carbocycles. The van der Waals surface area contributed by atoms with Crippen molar-refractivity contribution in [3.8, 4) is 11.5 Å². The molecule has 0 aliphatic carbocycles. The lowest BCUT2D eigenvalue weighted by molar-refractivity contribution is 0.483. The highest BCUT2D eigenvalue weighted by Gasteiger charge is 1.99. The molecule has 0 amide bonds. The lowest BCUT2D eigenvalue weighted by Gasteiger charge is -2.10. The molecule has 0 aromatic heterocycles. The smallest absolute Gasteiger partial charge is 0.127 e. The van der Waals surface area contributed by atoms with Gasteiger partial charge in [0.15, 0.2) is 0 Å². The standard InChI is InChI=1S/C20H19NO/c1-16-7-5-6-8-17(16)15-21-18-11-13-20(14-12-18)22-19-9-3-2-4-10-19/h2-14,21H,15H2,1H3. The van der Waals surface area contributed by atoms with Gasteiger partial charge in [-0.1, -0.05) is 42.5 Å². The zero-order chi connectivity index (χ0) is 15.2. The van der Waals surface area contributed by atoms with Crippen LogP contribution in [0.5, 0.6) is 11.5 Å². The van der Waals surface area contributed by atoms with Crippen molar-refractivity contribution < 1.29 is 4.74 Å². The molecule has 0 aliphatic rings. The van der Waals surface area contributed by atoms with Gasteiger partial charge in [0.1, 0.15) is 11.5 Å². The lowest BCUT2D eigenvalue weighted by Crippen LogP contribution is -2.00. The molecule has 0 bridgehead atoms. The second kappa shape index (κ2) is 6.81. The summed E-state index contributed by atoms with van der Waals surface area (Å²) < 4.78 is 5.79. The molecule has 0 saturated carbocycles. The first-order valence-corrected chi connectivity index (χ1v) is 7.42. The van der Waals surface area contributed by atoms with Gasteiger partial charge in [-0.3, -0.25) is 0 Å². The van der Waals surface area contributed by atoms with Crippen LogP contribution >= 0.6 is 0 Å². The van der Waals surface area contributed by atoms with E-state index in [0.717, 1.165) is 23.7 Å². The van der Waals surface area contributed by atoms with Crippen LogP contribution in [0.1, 0.15) is 11.1 Å². The maximum absolute atomic E-state index is 5.79. The molecule has 0 aliphatic heterocycles. The van der Waals surface area contributed by atoms with E-state index in [-0.39, 0.29) is 0 Å². The lowest BCUT2D eigenvalue weighted by atomic mass is 10.1. The van der Waals surface area contributed by atoms with Gasteiger partial charge >= 0.3 is 0 Å². The Bertz CT molecular complexity index is 720. The van der Waals surface area contributed by atoms with Gasteiger partial charge in [-0.25, -0.2) is 0 Å². The summed E-state index contributed by atoms with van der Waals surface area (Å²) in [6.07, 6.45) is 0. The van der Waals surface area contributed by atoms with Crippen LogP contribution in [0.15, 0.2) is 78.9 Å². The summed E-state index contributed by atoms with van der Waals surface area (Å²) in [7, 11) is 0. The number of anilines is 1. The Balaban J connectivity index is 1.61. The quantitative estimate of drug-likeness (QED) is 0.679. The highest BCUT2D eigenvalue weighted by Crippen LogP contribution is 2.23. The van der Waals surface area contributed by atoms with Gasteiger partial charge in [0.25, 0.3) is 0 Å². The van der Waals surface area contributed by atoms with Gasteiger partial charge in [0.05, 0.1) is 0 Å². The van der Waals surface area contributed by atoms with Crippen LogP contribution < -0.4 is 10.1 Å². The normalized spacial score (nSPS) is 10.2. The number of para-hydroxylation sites is 1. The Labute approximate surface area is 131 Å². The summed E-state index contributed by atoms with van der Waals surface area (Å²) in [6.45, 7) is 2.96. The minimum Gasteiger partial charge on any atom is -0.457 e. The number of hydrogen-bond donors (Lipinski definition) is 1. The maximum Gasteiger partial charge on any atom is 0.127 e. The van der Waals surface area contributed by atoms with Gasteiger partial charge in [-0.15, -0.1) is 0 Å². The van der Waals surface area contributed by atoms with E-state index in [4.69, 9.17) is 4.74 Å². The van der Waals surface area contributed by atoms with Crippen molar-refractivity contribution in [3.63, 3.8) is 0 Å². The molecular weight excluding hydrogens is 270 g/mol. The van der Waals surface area contributed by atoms with Crippen molar-refractivity contribution >= 4 is 5.69 Å². The van der Waals surface area contributed by atoms with Crippen LogP contribution in [0, 0.1) is 6.92 Å². The Kier molecular flexibility index (Phi) is 4.40. The van der Waals surface area contributed by atoms with Gasteiger partial charge in [-0.2, -0.15) is 0 Å². The molecule has 110 valence electrons. The molecule has 0 heterocycles. The van der Waals surface area contributed by atoms with Gasteiger partial charge < -0.3 is 10.1 Å². The van der Waals surface area contributed by atoms with E-state index in [2.05, 4.69) is 36.5 Å². The van der Waals surface area contributed by atoms with E-state index in [9.17, 15) is 0 Å². The number of hydrogen-bond acceptors (Lipinski definition) is 2. The van der Waals surface area contributed by atoms with E-state index in [0.29, 0.717) is 0 Å². The average Bonchev–Trinajstić information content (AvgIpc) is 2.56. The molecule has 0 unspecified atom stereocenters. The fourth-order valence-electron chi connectivity index (χ4n) is 2.27. The van der Waals surface area contributed by atoms with Crippen LogP contribution in [-0.4, -0.2) is 0 Å². The molecule has 3 rings (SSSR count). The zero-order valence-corrected chi connectivity index (χ0v) is 12.6. The fraction of sp³-hybridized carbons (Fsp3) is 0.100. The maximum atomic E-state index is 5.79. The third-order valence-corrected chi connectivity index (χ3v) is 3.58. The van der Waals surface area contributed by atoms with Crippen LogP contribution in [0.25, 0.3) is 0 Å². The summed E-state index contributed by atoms with van der Waals surface area (Å²) >= 11 is 0. The largest absolute Gasteiger partial charge is 0.457 e. The third-order valence-electron chi connectivity index (χ3n) is 3.58. The number of benzene rings is 3. The number of nitrogens with one attached hydrogen (secondary N) is 1.